The highest BCUT2D eigenvalue weighted by Gasteiger charge is 2.15. The summed E-state index contributed by atoms with van der Waals surface area (Å²) in [6.45, 7) is 0. The third kappa shape index (κ3) is 4.72. The third-order valence-corrected chi connectivity index (χ3v) is 6.07. The summed E-state index contributed by atoms with van der Waals surface area (Å²) in [6.07, 6.45) is 1.34. The predicted molar refractivity (Wildman–Crippen MR) is 111 cm³/mol. The van der Waals surface area contributed by atoms with E-state index >= 15 is 0 Å². The van der Waals surface area contributed by atoms with Gasteiger partial charge in [-0.1, -0.05) is 47.8 Å². The number of nitrogens with zero attached hydrogens (tertiary/aromatic N) is 4. The molecule has 0 spiro atoms. The minimum atomic E-state index is -0.940. The molecular formula is C20H13F4N5S2. The molecule has 2 aromatic carbocycles. The molecule has 0 bridgehead atoms. The van der Waals surface area contributed by atoms with E-state index in [4.69, 9.17) is 5.73 Å². The highest BCUT2D eigenvalue weighted by molar-refractivity contribution is 7.99. The monoisotopic (exact) mass is 463 g/mol. The van der Waals surface area contributed by atoms with Crippen LogP contribution >= 0.6 is 23.5 Å². The van der Waals surface area contributed by atoms with Gasteiger partial charge in [0.15, 0.2) is 34.1 Å². The maximum Gasteiger partial charge on any atom is 0.191 e. The van der Waals surface area contributed by atoms with Gasteiger partial charge < -0.3 is 5.73 Å². The second-order valence-corrected chi connectivity index (χ2v) is 8.19. The maximum absolute atomic E-state index is 14.0. The Morgan fingerprint density at radius 2 is 1.39 bits per heavy atom. The van der Waals surface area contributed by atoms with Crippen LogP contribution in [0.2, 0.25) is 0 Å². The fraction of sp³-hybridized carbons (Fsp3) is 0.100. The molecule has 0 aliphatic rings. The lowest BCUT2D eigenvalue weighted by molar-refractivity contribution is 0.502. The van der Waals surface area contributed by atoms with Crippen LogP contribution in [0.25, 0.3) is 11.2 Å². The van der Waals surface area contributed by atoms with Crippen LogP contribution < -0.4 is 5.73 Å². The Morgan fingerprint density at radius 3 is 2.03 bits per heavy atom. The number of thioether (sulfide) groups is 2. The van der Waals surface area contributed by atoms with E-state index in [0.29, 0.717) is 10.5 Å². The first kappa shape index (κ1) is 21.3. The van der Waals surface area contributed by atoms with Crippen molar-refractivity contribution in [1.29, 1.82) is 0 Å². The molecule has 0 unspecified atom stereocenters. The normalized spacial score (nSPS) is 11.2. The molecule has 5 nitrogen and oxygen atoms in total. The first-order chi connectivity index (χ1) is 14.9. The van der Waals surface area contributed by atoms with E-state index in [9.17, 15) is 17.6 Å². The zero-order valence-corrected chi connectivity index (χ0v) is 17.3. The fourth-order valence-corrected chi connectivity index (χ4v) is 4.47. The molecule has 11 heteroatoms. The number of hydrogen-bond donors (Lipinski definition) is 1. The molecule has 31 heavy (non-hydrogen) atoms. The summed E-state index contributed by atoms with van der Waals surface area (Å²) in [5.41, 5.74) is 6.57. The molecule has 0 amide bonds. The topological polar surface area (TPSA) is 77.6 Å². The van der Waals surface area contributed by atoms with E-state index in [0.717, 1.165) is 35.7 Å². The van der Waals surface area contributed by atoms with Crippen LogP contribution in [-0.4, -0.2) is 19.9 Å². The van der Waals surface area contributed by atoms with Gasteiger partial charge in [-0.05, 0) is 12.1 Å². The minimum absolute atomic E-state index is 0.0769. The van der Waals surface area contributed by atoms with Gasteiger partial charge in [0.05, 0.1) is 6.20 Å². The number of rotatable bonds is 6. The largest absolute Gasteiger partial charge is 0.382 e. The summed E-state index contributed by atoms with van der Waals surface area (Å²) < 4.78 is 54.8. The maximum atomic E-state index is 14.0. The summed E-state index contributed by atoms with van der Waals surface area (Å²) >= 11 is 2.20. The van der Waals surface area contributed by atoms with Gasteiger partial charge in [-0.2, -0.15) is 0 Å². The second kappa shape index (κ2) is 9.06. The van der Waals surface area contributed by atoms with Crippen molar-refractivity contribution >= 4 is 40.5 Å². The number of halogens is 4. The number of benzene rings is 2. The summed E-state index contributed by atoms with van der Waals surface area (Å²) in [6, 6.07) is 7.85. The molecule has 4 aromatic rings. The Kier molecular flexibility index (Phi) is 6.23. The SMILES string of the molecule is Nc1cnc2c(SCc3cccc(F)c3F)nc(SCc3cccc(F)c3F)nc2n1. The quantitative estimate of drug-likeness (QED) is 0.184. The van der Waals surface area contributed by atoms with Crippen molar-refractivity contribution < 1.29 is 17.6 Å². The lowest BCUT2D eigenvalue weighted by Gasteiger charge is -2.09. The van der Waals surface area contributed by atoms with E-state index in [2.05, 4.69) is 19.9 Å². The van der Waals surface area contributed by atoms with Crippen LogP contribution in [-0.2, 0) is 11.5 Å². The molecule has 4 rings (SSSR count). The molecule has 158 valence electrons. The van der Waals surface area contributed by atoms with Crippen LogP contribution in [0.15, 0.2) is 52.8 Å². The number of anilines is 1. The highest BCUT2D eigenvalue weighted by atomic mass is 32.2. The average molecular weight is 463 g/mol. The van der Waals surface area contributed by atoms with Crippen molar-refractivity contribution in [3.63, 3.8) is 0 Å². The minimum Gasteiger partial charge on any atom is -0.382 e. The van der Waals surface area contributed by atoms with E-state index in [-0.39, 0.29) is 39.3 Å². The molecule has 0 fully saturated rings. The first-order valence-corrected chi connectivity index (χ1v) is 10.8. The van der Waals surface area contributed by atoms with Gasteiger partial charge in [-0.25, -0.2) is 37.5 Å². The Balaban J connectivity index is 1.64. The molecule has 2 aromatic heterocycles. The van der Waals surface area contributed by atoms with Crippen LogP contribution in [0.3, 0.4) is 0 Å². The van der Waals surface area contributed by atoms with Gasteiger partial charge in [0.25, 0.3) is 0 Å². The molecular weight excluding hydrogens is 450 g/mol. The van der Waals surface area contributed by atoms with Gasteiger partial charge in [-0.15, -0.1) is 0 Å². The molecule has 0 aliphatic carbocycles. The predicted octanol–water partition coefficient (Wildman–Crippen LogP) is 5.14. The van der Waals surface area contributed by atoms with Crippen LogP contribution in [0.4, 0.5) is 23.4 Å². The number of aromatic nitrogens is 4. The molecule has 0 aliphatic heterocycles. The summed E-state index contributed by atoms with van der Waals surface area (Å²) in [5, 5.41) is 0.613. The Bertz CT molecular complexity index is 1270. The van der Waals surface area contributed by atoms with Crippen molar-refractivity contribution in [1.82, 2.24) is 19.9 Å². The van der Waals surface area contributed by atoms with E-state index in [1.54, 1.807) is 0 Å². The highest BCUT2D eigenvalue weighted by Crippen LogP contribution is 2.31. The van der Waals surface area contributed by atoms with Crippen molar-refractivity contribution in [3.8, 4) is 0 Å². The molecule has 0 radical (unpaired) electrons. The lowest BCUT2D eigenvalue weighted by atomic mass is 10.2. The number of hydrogen-bond acceptors (Lipinski definition) is 7. The smallest absolute Gasteiger partial charge is 0.191 e. The van der Waals surface area contributed by atoms with E-state index in [1.807, 2.05) is 0 Å². The molecule has 0 saturated heterocycles. The zero-order valence-electron chi connectivity index (χ0n) is 15.7. The van der Waals surface area contributed by atoms with Crippen molar-refractivity contribution in [2.75, 3.05) is 5.73 Å². The van der Waals surface area contributed by atoms with E-state index in [1.165, 1.54) is 30.5 Å². The molecule has 0 atom stereocenters. The second-order valence-electron chi connectivity index (χ2n) is 6.28. The Morgan fingerprint density at radius 1 is 0.774 bits per heavy atom. The van der Waals surface area contributed by atoms with Crippen molar-refractivity contribution in [3.05, 3.63) is 77.0 Å². The molecule has 2 N–H and O–H groups in total. The van der Waals surface area contributed by atoms with Gasteiger partial charge in [0.1, 0.15) is 16.4 Å². The van der Waals surface area contributed by atoms with Crippen LogP contribution in [0, 0.1) is 23.3 Å². The van der Waals surface area contributed by atoms with E-state index < -0.39 is 23.3 Å². The number of nitrogen functional groups attached to an aromatic ring is 1. The average Bonchev–Trinajstić information content (AvgIpc) is 2.75. The first-order valence-electron chi connectivity index (χ1n) is 8.84. The van der Waals surface area contributed by atoms with Crippen molar-refractivity contribution in [2.45, 2.75) is 21.7 Å². The van der Waals surface area contributed by atoms with Crippen LogP contribution in [0.1, 0.15) is 11.1 Å². The fourth-order valence-electron chi connectivity index (χ4n) is 2.65. The lowest BCUT2D eigenvalue weighted by Crippen LogP contribution is -2.01. The zero-order chi connectivity index (χ0) is 22.0. The summed E-state index contributed by atoms with van der Waals surface area (Å²) in [7, 11) is 0. The van der Waals surface area contributed by atoms with Crippen LogP contribution in [0.5, 0.6) is 0 Å². The number of nitrogens with two attached hydrogens (primary N) is 1. The van der Waals surface area contributed by atoms with Gasteiger partial charge in [0, 0.05) is 22.6 Å². The summed E-state index contributed by atoms with van der Waals surface area (Å²) in [5.74, 6) is -3.44. The van der Waals surface area contributed by atoms with Gasteiger partial charge in [-0.3, -0.25) is 0 Å². The summed E-state index contributed by atoms with van der Waals surface area (Å²) in [4.78, 5) is 17.0. The standard InChI is InChI=1S/C20H13F4N5S2/c21-12-5-1-3-10(15(12)23)8-30-19-17-18(27-14(25)7-26-17)28-20(29-19)31-9-11-4-2-6-13(22)16(11)24/h1-7H,8-9H2,(H2,25,27,28,29). The Labute approximate surface area is 182 Å². The Hall–Kier alpha value is -2.92. The third-order valence-electron chi connectivity index (χ3n) is 4.16. The molecule has 2 heterocycles. The van der Waals surface area contributed by atoms with Gasteiger partial charge in [0.2, 0.25) is 0 Å². The number of fused-ring (bicyclic) bond motifs is 1. The van der Waals surface area contributed by atoms with Crippen molar-refractivity contribution in [2.24, 2.45) is 0 Å². The molecule has 0 saturated carbocycles. The van der Waals surface area contributed by atoms with Gasteiger partial charge >= 0.3 is 0 Å².